The molecule has 1 fully saturated rings. The van der Waals surface area contributed by atoms with Crippen molar-refractivity contribution in [3.8, 4) is 11.8 Å². The van der Waals surface area contributed by atoms with Crippen molar-refractivity contribution < 1.29 is 9.47 Å². The number of aromatic nitrogens is 2. The third-order valence-electron chi connectivity index (χ3n) is 4.13. The minimum Gasteiger partial charge on any atom is -0.481 e. The van der Waals surface area contributed by atoms with Gasteiger partial charge in [-0.15, -0.1) is 0 Å². The van der Waals surface area contributed by atoms with Crippen LogP contribution in [0.25, 0.3) is 0 Å². The zero-order chi connectivity index (χ0) is 13.7. The number of ether oxygens (including phenoxy) is 2. The van der Waals surface area contributed by atoms with Gasteiger partial charge in [-0.05, 0) is 24.7 Å². The van der Waals surface area contributed by atoms with E-state index in [2.05, 4.69) is 22.2 Å². The molecule has 1 N–H and O–H groups in total. The van der Waals surface area contributed by atoms with Gasteiger partial charge < -0.3 is 14.8 Å². The Morgan fingerprint density at radius 3 is 2.21 bits per heavy atom. The molecule has 0 aromatic carbocycles. The number of nitrogens with one attached hydrogen (secondary N) is 1. The standard InChI is InChI=1S/C14H23N3O2/c1-4-14(7-5-6-8-14)10-15-13-16-11(18-2)9-12(17-13)19-3/h9H,4-8,10H2,1-3H3,(H,15,16,17). The summed E-state index contributed by atoms with van der Waals surface area (Å²) in [6.07, 6.45) is 6.44. The van der Waals surface area contributed by atoms with Crippen LogP contribution in [0, 0.1) is 5.41 Å². The van der Waals surface area contributed by atoms with E-state index in [1.54, 1.807) is 20.3 Å². The van der Waals surface area contributed by atoms with Crippen LogP contribution in [0.4, 0.5) is 5.95 Å². The largest absolute Gasteiger partial charge is 0.481 e. The molecule has 1 aliphatic carbocycles. The molecule has 5 nitrogen and oxygen atoms in total. The van der Waals surface area contributed by atoms with Crippen molar-refractivity contribution in [2.75, 3.05) is 26.1 Å². The maximum atomic E-state index is 5.15. The molecular formula is C14H23N3O2. The van der Waals surface area contributed by atoms with E-state index in [4.69, 9.17) is 9.47 Å². The van der Waals surface area contributed by atoms with E-state index in [9.17, 15) is 0 Å². The van der Waals surface area contributed by atoms with Gasteiger partial charge in [-0.1, -0.05) is 19.8 Å². The summed E-state index contributed by atoms with van der Waals surface area (Å²) in [5, 5.41) is 3.35. The lowest BCUT2D eigenvalue weighted by Crippen LogP contribution is -2.26. The number of hydrogen-bond acceptors (Lipinski definition) is 5. The van der Waals surface area contributed by atoms with Gasteiger partial charge in [-0.3, -0.25) is 0 Å². The Labute approximate surface area is 114 Å². The van der Waals surface area contributed by atoms with Gasteiger partial charge in [0, 0.05) is 6.54 Å². The molecule has 0 unspecified atom stereocenters. The Balaban J connectivity index is 2.06. The van der Waals surface area contributed by atoms with E-state index >= 15 is 0 Å². The zero-order valence-electron chi connectivity index (χ0n) is 12.0. The summed E-state index contributed by atoms with van der Waals surface area (Å²) >= 11 is 0. The van der Waals surface area contributed by atoms with E-state index < -0.39 is 0 Å². The minimum absolute atomic E-state index is 0.402. The molecule has 0 spiro atoms. The summed E-state index contributed by atoms with van der Waals surface area (Å²) in [6.45, 7) is 3.18. The first-order valence-corrected chi connectivity index (χ1v) is 6.92. The monoisotopic (exact) mass is 265 g/mol. The number of anilines is 1. The molecule has 5 heteroatoms. The third kappa shape index (κ3) is 3.28. The van der Waals surface area contributed by atoms with Crippen molar-refractivity contribution >= 4 is 5.95 Å². The van der Waals surface area contributed by atoms with Crippen molar-refractivity contribution in [2.24, 2.45) is 5.41 Å². The fourth-order valence-electron chi connectivity index (χ4n) is 2.74. The van der Waals surface area contributed by atoms with Crippen molar-refractivity contribution in [2.45, 2.75) is 39.0 Å². The minimum atomic E-state index is 0.402. The molecule has 0 saturated heterocycles. The van der Waals surface area contributed by atoms with Gasteiger partial charge in [-0.25, -0.2) is 0 Å². The summed E-state index contributed by atoms with van der Waals surface area (Å²) < 4.78 is 10.3. The molecule has 0 atom stereocenters. The second-order valence-corrected chi connectivity index (χ2v) is 5.19. The maximum Gasteiger partial charge on any atom is 0.229 e. The first-order valence-electron chi connectivity index (χ1n) is 6.92. The molecule has 1 aromatic heterocycles. The molecule has 0 amide bonds. The van der Waals surface area contributed by atoms with Gasteiger partial charge in [0.25, 0.3) is 0 Å². The van der Waals surface area contributed by atoms with E-state index in [0.29, 0.717) is 23.1 Å². The van der Waals surface area contributed by atoms with E-state index in [1.165, 1.54) is 32.1 Å². The highest BCUT2D eigenvalue weighted by Crippen LogP contribution is 2.40. The zero-order valence-corrected chi connectivity index (χ0v) is 12.0. The highest BCUT2D eigenvalue weighted by molar-refractivity contribution is 5.33. The van der Waals surface area contributed by atoms with Gasteiger partial charge in [-0.2, -0.15) is 9.97 Å². The molecule has 0 bridgehead atoms. The van der Waals surface area contributed by atoms with Crippen LogP contribution in [-0.2, 0) is 0 Å². The van der Waals surface area contributed by atoms with Crippen LogP contribution in [0.2, 0.25) is 0 Å². The fourth-order valence-corrected chi connectivity index (χ4v) is 2.74. The SMILES string of the molecule is CCC1(CNc2nc(OC)cc(OC)n2)CCCC1. The Hall–Kier alpha value is -1.52. The summed E-state index contributed by atoms with van der Waals surface area (Å²) in [4.78, 5) is 8.60. The number of methoxy groups -OCH3 is 2. The second-order valence-electron chi connectivity index (χ2n) is 5.19. The summed E-state index contributed by atoms with van der Waals surface area (Å²) in [5.41, 5.74) is 0.402. The number of hydrogen-bond donors (Lipinski definition) is 1. The van der Waals surface area contributed by atoms with Crippen molar-refractivity contribution in [3.63, 3.8) is 0 Å². The van der Waals surface area contributed by atoms with Crippen LogP contribution in [0.5, 0.6) is 11.8 Å². The molecule has 1 aliphatic rings. The Morgan fingerprint density at radius 1 is 1.16 bits per heavy atom. The van der Waals surface area contributed by atoms with E-state index in [0.717, 1.165) is 6.54 Å². The molecular weight excluding hydrogens is 242 g/mol. The molecule has 1 aromatic rings. The van der Waals surface area contributed by atoms with Gasteiger partial charge in [0.1, 0.15) is 0 Å². The van der Waals surface area contributed by atoms with Crippen LogP contribution < -0.4 is 14.8 Å². The number of rotatable bonds is 6. The predicted molar refractivity (Wildman–Crippen MR) is 74.8 cm³/mol. The van der Waals surface area contributed by atoms with Crippen LogP contribution in [-0.4, -0.2) is 30.7 Å². The van der Waals surface area contributed by atoms with Crippen LogP contribution in [0.15, 0.2) is 6.07 Å². The molecule has 106 valence electrons. The summed E-state index contributed by atoms with van der Waals surface area (Å²) in [6, 6.07) is 1.68. The van der Waals surface area contributed by atoms with Crippen LogP contribution >= 0.6 is 0 Å². The van der Waals surface area contributed by atoms with Crippen molar-refractivity contribution in [1.29, 1.82) is 0 Å². The van der Waals surface area contributed by atoms with Crippen molar-refractivity contribution in [3.05, 3.63) is 6.07 Å². The van der Waals surface area contributed by atoms with E-state index in [1.807, 2.05) is 0 Å². The molecule has 1 saturated carbocycles. The maximum absolute atomic E-state index is 5.15. The Morgan fingerprint density at radius 2 is 1.74 bits per heavy atom. The Kier molecular flexibility index (Phi) is 4.45. The predicted octanol–water partition coefficient (Wildman–Crippen LogP) is 2.88. The van der Waals surface area contributed by atoms with Crippen molar-refractivity contribution in [1.82, 2.24) is 9.97 Å². The summed E-state index contributed by atoms with van der Waals surface area (Å²) in [7, 11) is 3.19. The van der Waals surface area contributed by atoms with E-state index in [-0.39, 0.29) is 0 Å². The highest BCUT2D eigenvalue weighted by Gasteiger charge is 2.31. The molecule has 19 heavy (non-hydrogen) atoms. The lowest BCUT2D eigenvalue weighted by molar-refractivity contribution is 0.305. The molecule has 2 rings (SSSR count). The normalized spacial score (nSPS) is 17.2. The van der Waals surface area contributed by atoms with Gasteiger partial charge in [0.2, 0.25) is 17.7 Å². The summed E-state index contributed by atoms with van der Waals surface area (Å²) in [5.74, 6) is 1.62. The second kappa shape index (κ2) is 6.08. The van der Waals surface area contributed by atoms with Crippen LogP contribution in [0.3, 0.4) is 0 Å². The molecule has 1 heterocycles. The van der Waals surface area contributed by atoms with Crippen LogP contribution in [0.1, 0.15) is 39.0 Å². The average molecular weight is 265 g/mol. The quantitative estimate of drug-likeness (QED) is 0.857. The third-order valence-corrected chi connectivity index (χ3v) is 4.13. The molecule has 0 aliphatic heterocycles. The lowest BCUT2D eigenvalue weighted by atomic mass is 9.83. The molecule has 0 radical (unpaired) electrons. The highest BCUT2D eigenvalue weighted by atomic mass is 16.5. The van der Waals surface area contributed by atoms with Gasteiger partial charge in [0.05, 0.1) is 20.3 Å². The Bertz CT molecular complexity index is 395. The lowest BCUT2D eigenvalue weighted by Gasteiger charge is -2.27. The first kappa shape index (κ1) is 13.9. The average Bonchev–Trinajstić information content (AvgIpc) is 2.94. The fraction of sp³-hybridized carbons (Fsp3) is 0.714. The number of nitrogens with zero attached hydrogens (tertiary/aromatic N) is 2. The van der Waals surface area contributed by atoms with Gasteiger partial charge >= 0.3 is 0 Å². The smallest absolute Gasteiger partial charge is 0.229 e. The van der Waals surface area contributed by atoms with Gasteiger partial charge in [0.15, 0.2) is 0 Å². The first-order chi connectivity index (χ1) is 9.21. The topological polar surface area (TPSA) is 56.3 Å².